The fourth-order valence-corrected chi connectivity index (χ4v) is 9.19. The molecule has 0 saturated carbocycles. The molecule has 0 radical (unpaired) electrons. The van der Waals surface area contributed by atoms with E-state index in [0.717, 1.165) is 51.2 Å². The summed E-state index contributed by atoms with van der Waals surface area (Å²) >= 11 is 0. The Bertz CT molecular complexity index is 3260. The summed E-state index contributed by atoms with van der Waals surface area (Å²) in [6.07, 6.45) is 0. The molecular formula is C64H47N3. The fourth-order valence-electron chi connectivity index (χ4n) is 9.19. The van der Waals surface area contributed by atoms with Crippen LogP contribution in [-0.4, -0.2) is 0 Å². The zero-order valence-corrected chi connectivity index (χ0v) is 37.0. The van der Waals surface area contributed by atoms with Crippen LogP contribution in [0.15, 0.2) is 285 Å². The van der Waals surface area contributed by atoms with E-state index in [4.69, 9.17) is 0 Å². The summed E-state index contributed by atoms with van der Waals surface area (Å²) < 4.78 is 0. The third-order valence-electron chi connectivity index (χ3n) is 12.5. The average Bonchev–Trinajstić information content (AvgIpc) is 3.41. The number of hydrogen-bond acceptors (Lipinski definition) is 3. The predicted molar refractivity (Wildman–Crippen MR) is 284 cm³/mol. The Balaban J connectivity index is 0.875. The van der Waals surface area contributed by atoms with Gasteiger partial charge in [-0.05, 0) is 142 Å². The molecule has 0 bridgehead atoms. The molecule has 3 nitrogen and oxygen atoms in total. The summed E-state index contributed by atoms with van der Waals surface area (Å²) in [5.74, 6) is 0. The Morgan fingerprint density at radius 1 is 0.164 bits per heavy atom. The highest BCUT2D eigenvalue weighted by atomic mass is 15.2. The largest absolute Gasteiger partial charge is 0.311 e. The van der Waals surface area contributed by atoms with Crippen LogP contribution in [0.2, 0.25) is 0 Å². The molecule has 0 fully saturated rings. The standard InChI is InChI=1S/C64H47N3/c1-6-18-53(19-7-1)65(54-20-8-2-9-21-54)58-40-34-50(35-41-58)48-30-32-49(33-31-48)51-36-42-60(43-37-51)67(57-26-14-5-15-27-57)64-47-46-61(62-28-16-17-29-63(62)64)52-38-44-59(45-39-52)66(55-22-10-3-11-23-55)56-24-12-4-13-25-56/h1-47H. The summed E-state index contributed by atoms with van der Waals surface area (Å²) in [6, 6.07) is 102. The van der Waals surface area contributed by atoms with Crippen molar-refractivity contribution in [1.29, 1.82) is 0 Å². The van der Waals surface area contributed by atoms with E-state index in [-0.39, 0.29) is 0 Å². The Morgan fingerprint density at radius 3 is 0.776 bits per heavy atom. The number of fused-ring (bicyclic) bond motifs is 1. The summed E-state index contributed by atoms with van der Waals surface area (Å²) in [4.78, 5) is 6.97. The van der Waals surface area contributed by atoms with E-state index in [1.54, 1.807) is 0 Å². The maximum Gasteiger partial charge on any atom is 0.0540 e. The zero-order chi connectivity index (χ0) is 44.8. The van der Waals surface area contributed by atoms with Crippen LogP contribution in [0.4, 0.5) is 51.2 Å². The third kappa shape index (κ3) is 8.46. The first-order valence-electron chi connectivity index (χ1n) is 22.8. The number of rotatable bonds is 12. The van der Waals surface area contributed by atoms with E-state index >= 15 is 0 Å². The summed E-state index contributed by atoms with van der Waals surface area (Å²) in [7, 11) is 0. The molecule has 67 heavy (non-hydrogen) atoms. The van der Waals surface area contributed by atoms with Gasteiger partial charge in [-0.3, -0.25) is 0 Å². The number of benzene rings is 11. The van der Waals surface area contributed by atoms with Gasteiger partial charge in [0.05, 0.1) is 5.69 Å². The van der Waals surface area contributed by atoms with Crippen LogP contribution in [0.3, 0.4) is 0 Å². The molecule has 0 spiro atoms. The smallest absolute Gasteiger partial charge is 0.0540 e. The number of hydrogen-bond donors (Lipinski definition) is 0. The lowest BCUT2D eigenvalue weighted by molar-refractivity contribution is 1.28. The fraction of sp³-hybridized carbons (Fsp3) is 0. The third-order valence-corrected chi connectivity index (χ3v) is 12.5. The SMILES string of the molecule is c1ccc(N(c2ccccc2)c2ccc(-c3ccc(-c4ccc(N(c5ccccc5)c5ccc(-c6ccc(N(c7ccccc7)c7ccccc7)cc6)c6ccccc56)cc4)cc3)cc2)cc1. The topological polar surface area (TPSA) is 9.72 Å². The van der Waals surface area contributed by atoms with Gasteiger partial charge in [0, 0.05) is 50.9 Å². The van der Waals surface area contributed by atoms with Crippen molar-refractivity contribution in [3.8, 4) is 33.4 Å². The first-order valence-corrected chi connectivity index (χ1v) is 22.8. The van der Waals surface area contributed by atoms with Gasteiger partial charge in [-0.25, -0.2) is 0 Å². The van der Waals surface area contributed by atoms with Crippen LogP contribution in [0.5, 0.6) is 0 Å². The predicted octanol–water partition coefficient (Wildman–Crippen LogP) is 18.3. The van der Waals surface area contributed by atoms with Crippen molar-refractivity contribution in [2.75, 3.05) is 14.7 Å². The van der Waals surface area contributed by atoms with E-state index < -0.39 is 0 Å². The summed E-state index contributed by atoms with van der Waals surface area (Å²) in [6.45, 7) is 0. The van der Waals surface area contributed by atoms with Gasteiger partial charge in [-0.2, -0.15) is 0 Å². The van der Waals surface area contributed by atoms with Crippen LogP contribution in [0.25, 0.3) is 44.2 Å². The van der Waals surface area contributed by atoms with Gasteiger partial charge in [0.2, 0.25) is 0 Å². The highest BCUT2D eigenvalue weighted by Gasteiger charge is 2.19. The lowest BCUT2D eigenvalue weighted by Crippen LogP contribution is -2.10. The van der Waals surface area contributed by atoms with Crippen LogP contribution in [0.1, 0.15) is 0 Å². The van der Waals surface area contributed by atoms with Crippen molar-refractivity contribution in [2.45, 2.75) is 0 Å². The van der Waals surface area contributed by atoms with Crippen molar-refractivity contribution in [2.24, 2.45) is 0 Å². The number of para-hydroxylation sites is 5. The monoisotopic (exact) mass is 857 g/mol. The molecule has 3 heteroatoms. The first kappa shape index (κ1) is 40.8. The molecule has 11 aromatic carbocycles. The van der Waals surface area contributed by atoms with Crippen molar-refractivity contribution < 1.29 is 0 Å². The minimum Gasteiger partial charge on any atom is -0.311 e. The Kier molecular flexibility index (Phi) is 11.4. The lowest BCUT2D eigenvalue weighted by atomic mass is 9.96. The van der Waals surface area contributed by atoms with Crippen molar-refractivity contribution in [3.63, 3.8) is 0 Å². The van der Waals surface area contributed by atoms with Gasteiger partial charge in [0.15, 0.2) is 0 Å². The highest BCUT2D eigenvalue weighted by molar-refractivity contribution is 6.06. The minimum atomic E-state index is 1.09. The highest BCUT2D eigenvalue weighted by Crippen LogP contribution is 2.44. The summed E-state index contributed by atoms with van der Waals surface area (Å²) in [5, 5.41) is 2.39. The molecule has 0 aliphatic heterocycles. The molecule has 0 aliphatic rings. The zero-order valence-electron chi connectivity index (χ0n) is 37.0. The quantitative estimate of drug-likeness (QED) is 0.121. The average molecular weight is 858 g/mol. The van der Waals surface area contributed by atoms with E-state index in [2.05, 4.69) is 300 Å². The van der Waals surface area contributed by atoms with Crippen molar-refractivity contribution in [3.05, 3.63) is 285 Å². The van der Waals surface area contributed by atoms with E-state index in [1.165, 1.54) is 44.2 Å². The molecule has 11 aromatic rings. The maximum absolute atomic E-state index is 2.38. The van der Waals surface area contributed by atoms with Gasteiger partial charge in [0.1, 0.15) is 0 Å². The summed E-state index contributed by atoms with van der Waals surface area (Å²) in [5.41, 5.74) is 17.1. The Labute approximate surface area is 393 Å². The molecule has 11 rings (SSSR count). The second-order valence-corrected chi connectivity index (χ2v) is 16.6. The van der Waals surface area contributed by atoms with E-state index in [9.17, 15) is 0 Å². The Morgan fingerprint density at radius 2 is 0.418 bits per heavy atom. The van der Waals surface area contributed by atoms with Gasteiger partial charge in [-0.15, -0.1) is 0 Å². The van der Waals surface area contributed by atoms with Crippen LogP contribution in [0, 0.1) is 0 Å². The van der Waals surface area contributed by atoms with Crippen molar-refractivity contribution >= 4 is 62.0 Å². The minimum absolute atomic E-state index is 1.09. The number of anilines is 9. The maximum atomic E-state index is 2.38. The second-order valence-electron chi connectivity index (χ2n) is 16.6. The van der Waals surface area contributed by atoms with Gasteiger partial charge in [-0.1, -0.05) is 182 Å². The van der Waals surface area contributed by atoms with Crippen molar-refractivity contribution in [1.82, 2.24) is 0 Å². The van der Waals surface area contributed by atoms with E-state index in [1.807, 2.05) is 0 Å². The lowest BCUT2D eigenvalue weighted by Gasteiger charge is -2.28. The molecule has 0 saturated heterocycles. The molecular weight excluding hydrogens is 811 g/mol. The van der Waals surface area contributed by atoms with Gasteiger partial charge in [0.25, 0.3) is 0 Å². The second kappa shape index (κ2) is 18.7. The normalized spacial score (nSPS) is 11.0. The molecule has 0 unspecified atom stereocenters. The molecule has 0 heterocycles. The number of nitrogens with zero attached hydrogens (tertiary/aromatic N) is 3. The molecule has 0 amide bonds. The van der Waals surface area contributed by atoms with Crippen LogP contribution >= 0.6 is 0 Å². The molecule has 318 valence electrons. The van der Waals surface area contributed by atoms with Gasteiger partial charge >= 0.3 is 0 Å². The van der Waals surface area contributed by atoms with Crippen LogP contribution in [-0.2, 0) is 0 Å². The first-order chi connectivity index (χ1) is 33.2. The van der Waals surface area contributed by atoms with E-state index in [0.29, 0.717) is 0 Å². The van der Waals surface area contributed by atoms with Crippen LogP contribution < -0.4 is 14.7 Å². The Hall–Kier alpha value is -8.92. The molecule has 0 N–H and O–H groups in total. The molecule has 0 atom stereocenters. The van der Waals surface area contributed by atoms with Gasteiger partial charge < -0.3 is 14.7 Å². The molecule has 0 aromatic heterocycles. The molecule has 0 aliphatic carbocycles.